The Morgan fingerprint density at radius 1 is 1.03 bits per heavy atom. The van der Waals surface area contributed by atoms with Crippen molar-refractivity contribution in [3.8, 4) is 17.1 Å². The first kappa shape index (κ1) is 19.3. The van der Waals surface area contributed by atoms with Gasteiger partial charge in [0.2, 0.25) is 0 Å². The average molecular weight is 400 g/mol. The molecule has 0 saturated heterocycles. The molecule has 2 N–H and O–H groups in total. The number of methoxy groups -OCH3 is 1. The molecular formula is C17H12N4O8. The van der Waals surface area contributed by atoms with E-state index < -0.39 is 26.8 Å². The topological polar surface area (TPSA) is 174 Å². The summed E-state index contributed by atoms with van der Waals surface area (Å²) in [5.41, 5.74) is -2.83. The smallest absolute Gasteiger partial charge is 0.357 e. The Labute approximate surface area is 160 Å². The number of aromatic amines is 2. The maximum absolute atomic E-state index is 11.6. The summed E-state index contributed by atoms with van der Waals surface area (Å²) in [6, 6.07) is 7.10. The summed E-state index contributed by atoms with van der Waals surface area (Å²) in [6.07, 6.45) is 2.48. The van der Waals surface area contributed by atoms with E-state index in [2.05, 4.69) is 4.98 Å². The summed E-state index contributed by atoms with van der Waals surface area (Å²) in [4.78, 5) is 47.4. The van der Waals surface area contributed by atoms with Gasteiger partial charge in [0.1, 0.15) is 23.0 Å². The number of ether oxygens (including phenoxy) is 1. The Morgan fingerprint density at radius 2 is 1.79 bits per heavy atom. The number of aromatic nitrogens is 2. The molecule has 2 aromatic heterocycles. The number of non-ortho nitro benzene ring substituents is 1. The lowest BCUT2D eigenvalue weighted by Crippen LogP contribution is -2.25. The van der Waals surface area contributed by atoms with E-state index in [-0.39, 0.29) is 22.9 Å². The van der Waals surface area contributed by atoms with Gasteiger partial charge in [-0.15, -0.1) is 0 Å². The number of nitrogens with one attached hydrogen (secondary N) is 2. The molecule has 0 atom stereocenters. The summed E-state index contributed by atoms with van der Waals surface area (Å²) < 4.78 is 10.8. The van der Waals surface area contributed by atoms with E-state index in [1.807, 2.05) is 0 Å². The van der Waals surface area contributed by atoms with Crippen LogP contribution in [-0.4, -0.2) is 26.9 Å². The van der Waals surface area contributed by atoms with Crippen molar-refractivity contribution in [2.75, 3.05) is 7.11 Å². The quantitative estimate of drug-likeness (QED) is 0.468. The summed E-state index contributed by atoms with van der Waals surface area (Å²) >= 11 is 0. The second-order valence-corrected chi connectivity index (χ2v) is 5.60. The van der Waals surface area contributed by atoms with Crippen molar-refractivity contribution in [1.29, 1.82) is 0 Å². The molecule has 0 spiro atoms. The van der Waals surface area contributed by atoms with Crippen LogP contribution in [-0.2, 0) is 0 Å². The Hall–Kier alpha value is -4.48. The van der Waals surface area contributed by atoms with Crippen LogP contribution in [0.15, 0.2) is 44.3 Å². The molecule has 12 heteroatoms. The maximum Gasteiger partial charge on any atom is 0.357 e. The minimum atomic E-state index is -1.13. The van der Waals surface area contributed by atoms with E-state index in [9.17, 15) is 29.8 Å². The Kier molecular flexibility index (Phi) is 5.08. The molecule has 3 aromatic rings. The minimum absolute atomic E-state index is 0.150. The van der Waals surface area contributed by atoms with Gasteiger partial charge in [-0.1, -0.05) is 0 Å². The average Bonchev–Trinajstić information content (AvgIpc) is 3.13. The number of nitro groups is 2. The van der Waals surface area contributed by atoms with Crippen LogP contribution in [0.25, 0.3) is 23.5 Å². The number of nitro benzene ring substituents is 1. The molecule has 12 nitrogen and oxygen atoms in total. The SMILES string of the molecule is COc1cc([N+](=O)[O-])ccc1-c1ccc(/C=C\c2[nH]c(=O)[nH]c(=O)c2[N+](=O)[O-])o1. The molecule has 0 aliphatic heterocycles. The van der Waals surface area contributed by atoms with Gasteiger partial charge < -0.3 is 14.1 Å². The van der Waals surface area contributed by atoms with Gasteiger partial charge >= 0.3 is 16.9 Å². The van der Waals surface area contributed by atoms with Crippen LogP contribution in [0.3, 0.4) is 0 Å². The van der Waals surface area contributed by atoms with Crippen molar-refractivity contribution in [3.63, 3.8) is 0 Å². The standard InChI is InChI=1S/C17H12N4O8/c1-28-14-8-9(20(24)25)2-5-11(14)13-7-4-10(29-13)3-6-12-15(21(26)27)16(22)19-17(23)18-12/h2-8H,1H3,(H2,18,19,22,23)/b6-3-. The number of hydrogen-bond acceptors (Lipinski definition) is 8. The maximum atomic E-state index is 11.6. The van der Waals surface area contributed by atoms with Crippen molar-refractivity contribution in [1.82, 2.24) is 9.97 Å². The van der Waals surface area contributed by atoms with Gasteiger partial charge in [0.05, 0.1) is 28.6 Å². The third kappa shape index (κ3) is 3.95. The van der Waals surface area contributed by atoms with Gasteiger partial charge in [0, 0.05) is 6.07 Å². The summed E-state index contributed by atoms with van der Waals surface area (Å²) in [6.45, 7) is 0. The summed E-state index contributed by atoms with van der Waals surface area (Å²) in [5, 5.41) is 21.9. The van der Waals surface area contributed by atoms with E-state index in [0.29, 0.717) is 11.3 Å². The van der Waals surface area contributed by atoms with Crippen molar-refractivity contribution in [2.45, 2.75) is 0 Å². The van der Waals surface area contributed by atoms with Gasteiger partial charge in [-0.3, -0.25) is 30.0 Å². The van der Waals surface area contributed by atoms with Crippen LogP contribution in [0.5, 0.6) is 5.75 Å². The van der Waals surface area contributed by atoms with Crippen LogP contribution < -0.4 is 16.0 Å². The van der Waals surface area contributed by atoms with Crippen molar-refractivity contribution in [3.05, 3.63) is 82.9 Å². The molecule has 3 rings (SSSR count). The third-order valence-corrected chi connectivity index (χ3v) is 3.83. The molecule has 2 heterocycles. The predicted molar refractivity (Wildman–Crippen MR) is 101 cm³/mol. The number of hydrogen-bond donors (Lipinski definition) is 2. The zero-order valence-electron chi connectivity index (χ0n) is 14.7. The lowest BCUT2D eigenvalue weighted by atomic mass is 10.1. The van der Waals surface area contributed by atoms with E-state index in [1.165, 1.54) is 37.5 Å². The van der Waals surface area contributed by atoms with Crippen LogP contribution in [0.1, 0.15) is 11.5 Å². The lowest BCUT2D eigenvalue weighted by Gasteiger charge is -2.05. The molecule has 0 aliphatic rings. The Morgan fingerprint density at radius 3 is 2.45 bits per heavy atom. The number of rotatable bonds is 6. The van der Waals surface area contributed by atoms with Crippen LogP contribution in [0.4, 0.5) is 11.4 Å². The Balaban J connectivity index is 1.97. The number of nitrogens with zero attached hydrogens (tertiary/aromatic N) is 2. The van der Waals surface area contributed by atoms with Crippen molar-refractivity contribution < 1.29 is 19.0 Å². The fourth-order valence-corrected chi connectivity index (χ4v) is 2.55. The third-order valence-electron chi connectivity index (χ3n) is 3.83. The Bertz CT molecular complexity index is 1250. The molecule has 0 radical (unpaired) electrons. The number of furan rings is 1. The molecule has 0 aliphatic carbocycles. The molecule has 0 fully saturated rings. The van der Waals surface area contributed by atoms with Gasteiger partial charge in [-0.2, -0.15) is 0 Å². The van der Waals surface area contributed by atoms with Gasteiger partial charge in [-0.25, -0.2) is 4.79 Å². The fraction of sp³-hybridized carbons (Fsp3) is 0.0588. The molecule has 148 valence electrons. The van der Waals surface area contributed by atoms with E-state index in [0.717, 1.165) is 6.08 Å². The largest absolute Gasteiger partial charge is 0.496 e. The first-order chi connectivity index (χ1) is 13.8. The van der Waals surface area contributed by atoms with Crippen LogP contribution in [0, 0.1) is 20.2 Å². The van der Waals surface area contributed by atoms with Crippen molar-refractivity contribution >= 4 is 23.5 Å². The fourth-order valence-electron chi connectivity index (χ4n) is 2.55. The van der Waals surface area contributed by atoms with Crippen molar-refractivity contribution in [2.24, 2.45) is 0 Å². The summed E-state index contributed by atoms with van der Waals surface area (Å²) in [7, 11) is 1.36. The van der Waals surface area contributed by atoms with E-state index in [4.69, 9.17) is 9.15 Å². The summed E-state index contributed by atoms with van der Waals surface area (Å²) in [5.74, 6) is 0.791. The van der Waals surface area contributed by atoms with Gasteiger partial charge in [-0.05, 0) is 30.4 Å². The normalized spacial score (nSPS) is 10.9. The first-order valence-electron chi connectivity index (χ1n) is 7.92. The monoisotopic (exact) mass is 400 g/mol. The predicted octanol–water partition coefficient (Wildman–Crippen LogP) is 2.32. The molecule has 29 heavy (non-hydrogen) atoms. The highest BCUT2D eigenvalue weighted by Crippen LogP contribution is 2.34. The highest BCUT2D eigenvalue weighted by Gasteiger charge is 2.19. The van der Waals surface area contributed by atoms with Gasteiger partial charge in [0.25, 0.3) is 5.69 Å². The van der Waals surface area contributed by atoms with E-state index in [1.54, 1.807) is 11.1 Å². The van der Waals surface area contributed by atoms with Crippen LogP contribution in [0.2, 0.25) is 0 Å². The molecular weight excluding hydrogens is 388 g/mol. The zero-order chi connectivity index (χ0) is 21.1. The highest BCUT2D eigenvalue weighted by molar-refractivity contribution is 5.73. The van der Waals surface area contributed by atoms with E-state index >= 15 is 0 Å². The lowest BCUT2D eigenvalue weighted by molar-refractivity contribution is -0.386. The minimum Gasteiger partial charge on any atom is -0.496 e. The molecule has 0 bridgehead atoms. The molecule has 1 aromatic carbocycles. The molecule has 0 amide bonds. The zero-order valence-corrected chi connectivity index (χ0v) is 14.7. The van der Waals surface area contributed by atoms with Gasteiger partial charge in [0.15, 0.2) is 0 Å². The highest BCUT2D eigenvalue weighted by atomic mass is 16.6. The first-order valence-corrected chi connectivity index (χ1v) is 7.92. The number of benzene rings is 1. The second-order valence-electron chi connectivity index (χ2n) is 5.60. The van der Waals surface area contributed by atoms with Crippen LogP contribution >= 0.6 is 0 Å². The number of H-pyrrole nitrogens is 2. The second kappa shape index (κ2) is 7.64. The molecule has 0 unspecified atom stereocenters. The molecule has 0 saturated carbocycles.